The molecule has 2 aromatic carbocycles. The van der Waals surface area contributed by atoms with Crippen LogP contribution in [-0.4, -0.2) is 22.9 Å². The van der Waals surface area contributed by atoms with Gasteiger partial charge in [-0.15, -0.1) is 0 Å². The number of H-pyrrole nitrogens is 1. The van der Waals surface area contributed by atoms with Gasteiger partial charge in [0.2, 0.25) is 0 Å². The van der Waals surface area contributed by atoms with Gasteiger partial charge in [-0.05, 0) is 36.2 Å². The van der Waals surface area contributed by atoms with Gasteiger partial charge in [0.05, 0.1) is 12.7 Å². The molecule has 1 N–H and O–H groups in total. The zero-order valence-electron chi connectivity index (χ0n) is 14.6. The topological polar surface area (TPSA) is 55.0 Å². The Bertz CT molecular complexity index is 1110. The van der Waals surface area contributed by atoms with Crippen molar-refractivity contribution < 1.29 is 9.53 Å². The Morgan fingerprint density at radius 1 is 1.08 bits per heavy atom. The molecule has 0 aliphatic carbocycles. The average molecular weight is 342 g/mol. The Morgan fingerprint density at radius 3 is 2.73 bits per heavy atom. The van der Waals surface area contributed by atoms with E-state index in [0.717, 1.165) is 16.5 Å². The monoisotopic (exact) mass is 342 g/mol. The molecule has 0 bridgehead atoms. The Morgan fingerprint density at radius 2 is 1.92 bits per heavy atom. The van der Waals surface area contributed by atoms with E-state index in [1.54, 1.807) is 31.6 Å². The molecular weight excluding hydrogens is 324 g/mol. The van der Waals surface area contributed by atoms with Crippen LogP contribution in [0.3, 0.4) is 0 Å². The lowest BCUT2D eigenvalue weighted by Gasteiger charge is -2.07. The second-order valence-corrected chi connectivity index (χ2v) is 6.22. The molecule has 4 nitrogen and oxygen atoms in total. The number of carbonyl (C=O) groups is 1. The highest BCUT2D eigenvalue weighted by Crippen LogP contribution is 2.32. The number of pyridine rings is 1. The fourth-order valence-electron chi connectivity index (χ4n) is 3.21. The summed E-state index contributed by atoms with van der Waals surface area (Å²) in [4.78, 5) is 20.7. The number of aromatic amines is 1. The highest BCUT2D eigenvalue weighted by molar-refractivity contribution is 6.18. The van der Waals surface area contributed by atoms with Gasteiger partial charge in [-0.25, -0.2) is 4.98 Å². The Kier molecular flexibility index (Phi) is 4.01. The first-order chi connectivity index (χ1) is 12.7. The fourth-order valence-corrected chi connectivity index (χ4v) is 3.21. The van der Waals surface area contributed by atoms with Crippen LogP contribution in [0.25, 0.3) is 22.2 Å². The summed E-state index contributed by atoms with van der Waals surface area (Å²) in [5.41, 5.74) is 5.13. The number of benzene rings is 2. The molecule has 0 aliphatic heterocycles. The molecule has 0 aliphatic rings. The number of ketones is 1. The third-order valence-corrected chi connectivity index (χ3v) is 4.48. The highest BCUT2D eigenvalue weighted by atomic mass is 16.5. The summed E-state index contributed by atoms with van der Waals surface area (Å²) in [5.74, 6) is 0.602. The predicted molar refractivity (Wildman–Crippen MR) is 103 cm³/mol. The van der Waals surface area contributed by atoms with E-state index >= 15 is 0 Å². The van der Waals surface area contributed by atoms with Crippen LogP contribution >= 0.6 is 0 Å². The molecule has 0 saturated carbocycles. The third-order valence-electron chi connectivity index (χ3n) is 4.48. The van der Waals surface area contributed by atoms with E-state index in [2.05, 4.69) is 35.1 Å². The van der Waals surface area contributed by atoms with Gasteiger partial charge >= 0.3 is 0 Å². The summed E-state index contributed by atoms with van der Waals surface area (Å²) >= 11 is 0. The Labute approximate surface area is 151 Å². The molecule has 0 amide bonds. The smallest absolute Gasteiger partial charge is 0.195 e. The number of hydrogen-bond acceptors (Lipinski definition) is 3. The molecule has 4 heteroatoms. The number of aromatic nitrogens is 2. The van der Waals surface area contributed by atoms with Crippen LogP contribution in [-0.2, 0) is 0 Å². The minimum Gasteiger partial charge on any atom is -0.497 e. The quantitative estimate of drug-likeness (QED) is 0.543. The molecule has 0 saturated heterocycles. The van der Waals surface area contributed by atoms with Crippen LogP contribution in [0.2, 0.25) is 0 Å². The number of nitrogens with zero attached hydrogens (tertiary/aromatic N) is 1. The molecule has 2 heterocycles. The maximum Gasteiger partial charge on any atom is 0.195 e. The van der Waals surface area contributed by atoms with Crippen molar-refractivity contribution in [2.24, 2.45) is 0 Å². The van der Waals surface area contributed by atoms with E-state index in [1.165, 1.54) is 5.56 Å². The van der Waals surface area contributed by atoms with Crippen LogP contribution in [0.1, 0.15) is 21.5 Å². The van der Waals surface area contributed by atoms with E-state index in [1.807, 2.05) is 24.3 Å². The molecule has 0 fully saturated rings. The van der Waals surface area contributed by atoms with Crippen molar-refractivity contribution >= 4 is 16.8 Å². The minimum atomic E-state index is -0.0583. The van der Waals surface area contributed by atoms with Gasteiger partial charge < -0.3 is 9.72 Å². The molecule has 128 valence electrons. The number of hydrogen-bond donors (Lipinski definition) is 1. The second kappa shape index (κ2) is 6.48. The zero-order chi connectivity index (χ0) is 18.1. The Hall–Kier alpha value is -3.40. The molecule has 0 spiro atoms. The Balaban J connectivity index is 1.90. The highest BCUT2D eigenvalue weighted by Gasteiger charge is 2.18. The first kappa shape index (κ1) is 16.1. The van der Waals surface area contributed by atoms with E-state index in [-0.39, 0.29) is 5.78 Å². The van der Waals surface area contributed by atoms with Gasteiger partial charge in [-0.1, -0.05) is 42.0 Å². The zero-order valence-corrected chi connectivity index (χ0v) is 14.6. The summed E-state index contributed by atoms with van der Waals surface area (Å²) < 4.78 is 5.24. The van der Waals surface area contributed by atoms with Crippen LogP contribution in [0.4, 0.5) is 0 Å². The molecule has 0 atom stereocenters. The molecule has 4 aromatic rings. The SMILES string of the molecule is COc1cccc(C(=O)c2c[nH]c3nccc(-c4cccc(C)c4)c23)c1. The van der Waals surface area contributed by atoms with Gasteiger partial charge in [0.1, 0.15) is 11.4 Å². The van der Waals surface area contributed by atoms with Crippen molar-refractivity contribution in [3.8, 4) is 16.9 Å². The van der Waals surface area contributed by atoms with Gasteiger partial charge in [-0.3, -0.25) is 4.79 Å². The van der Waals surface area contributed by atoms with Gasteiger partial charge in [0.15, 0.2) is 5.78 Å². The van der Waals surface area contributed by atoms with Crippen molar-refractivity contribution in [1.29, 1.82) is 0 Å². The predicted octanol–water partition coefficient (Wildman–Crippen LogP) is 4.78. The fraction of sp³-hybridized carbons (Fsp3) is 0.0909. The van der Waals surface area contributed by atoms with Crippen molar-refractivity contribution in [3.05, 3.63) is 83.7 Å². The number of carbonyl (C=O) groups excluding carboxylic acids is 1. The van der Waals surface area contributed by atoms with Crippen molar-refractivity contribution in [2.45, 2.75) is 6.92 Å². The lowest BCUT2D eigenvalue weighted by atomic mass is 9.96. The first-order valence-corrected chi connectivity index (χ1v) is 8.39. The number of fused-ring (bicyclic) bond motifs is 1. The van der Waals surface area contributed by atoms with Crippen molar-refractivity contribution in [2.75, 3.05) is 7.11 Å². The number of nitrogens with one attached hydrogen (secondary N) is 1. The van der Waals surface area contributed by atoms with Gasteiger partial charge in [0.25, 0.3) is 0 Å². The van der Waals surface area contributed by atoms with Crippen LogP contribution in [0, 0.1) is 6.92 Å². The van der Waals surface area contributed by atoms with Gasteiger partial charge in [-0.2, -0.15) is 0 Å². The second-order valence-electron chi connectivity index (χ2n) is 6.22. The number of rotatable bonds is 4. The molecule has 2 aromatic heterocycles. The summed E-state index contributed by atoms with van der Waals surface area (Å²) in [5, 5.41) is 0.839. The van der Waals surface area contributed by atoms with Crippen LogP contribution in [0.5, 0.6) is 5.75 Å². The number of aryl methyl sites for hydroxylation is 1. The van der Waals surface area contributed by atoms with E-state index in [9.17, 15) is 4.79 Å². The maximum absolute atomic E-state index is 13.1. The third kappa shape index (κ3) is 2.75. The lowest BCUT2D eigenvalue weighted by molar-refractivity contribution is 0.104. The first-order valence-electron chi connectivity index (χ1n) is 8.39. The number of ether oxygens (including phenoxy) is 1. The van der Waals surface area contributed by atoms with Crippen molar-refractivity contribution in [1.82, 2.24) is 9.97 Å². The minimum absolute atomic E-state index is 0.0583. The van der Waals surface area contributed by atoms with E-state index in [0.29, 0.717) is 22.5 Å². The van der Waals surface area contributed by atoms with E-state index < -0.39 is 0 Å². The standard InChI is InChI=1S/C22H18N2O2/c1-14-5-3-6-15(11-14)18-9-10-23-22-20(18)19(13-24-22)21(25)16-7-4-8-17(12-16)26-2/h3-13H,1-2H3,(H,23,24). The summed E-state index contributed by atoms with van der Waals surface area (Å²) in [6.45, 7) is 2.06. The number of methoxy groups -OCH3 is 1. The lowest BCUT2D eigenvalue weighted by Crippen LogP contribution is -2.01. The van der Waals surface area contributed by atoms with Gasteiger partial charge in [0, 0.05) is 23.3 Å². The molecule has 0 radical (unpaired) electrons. The van der Waals surface area contributed by atoms with E-state index in [4.69, 9.17) is 4.74 Å². The summed E-state index contributed by atoms with van der Waals surface area (Å²) in [6, 6.07) is 17.4. The molecule has 4 rings (SSSR count). The molecular formula is C22H18N2O2. The van der Waals surface area contributed by atoms with Crippen LogP contribution < -0.4 is 4.74 Å². The summed E-state index contributed by atoms with van der Waals surface area (Å²) in [6.07, 6.45) is 3.50. The maximum atomic E-state index is 13.1. The van der Waals surface area contributed by atoms with Crippen molar-refractivity contribution in [3.63, 3.8) is 0 Å². The molecule has 0 unspecified atom stereocenters. The average Bonchev–Trinajstić information content (AvgIpc) is 3.11. The largest absolute Gasteiger partial charge is 0.497 e. The molecule has 26 heavy (non-hydrogen) atoms. The summed E-state index contributed by atoms with van der Waals surface area (Å²) in [7, 11) is 1.59. The normalized spacial score (nSPS) is 10.8. The van der Waals surface area contributed by atoms with Crippen LogP contribution in [0.15, 0.2) is 67.0 Å².